The third-order valence-corrected chi connectivity index (χ3v) is 4.56. The number of aliphatic carboxylic acids is 1. The molecule has 0 radical (unpaired) electrons. The first-order valence-electron chi connectivity index (χ1n) is 9.01. The quantitative estimate of drug-likeness (QED) is 0.751. The summed E-state index contributed by atoms with van der Waals surface area (Å²) in [4.78, 5) is 11.9. The van der Waals surface area contributed by atoms with Crippen molar-refractivity contribution in [2.24, 2.45) is 5.92 Å². The molecule has 2 aromatic carbocycles. The van der Waals surface area contributed by atoms with Crippen molar-refractivity contribution in [1.29, 1.82) is 0 Å². The number of carboxylic acids is 1. The number of carbonyl (C=O) groups is 1. The molecule has 3 rings (SSSR count). The number of hydrogen-bond donors (Lipinski definition) is 1. The molecule has 1 saturated heterocycles. The first kappa shape index (κ1) is 18.4. The molecule has 0 aliphatic carbocycles. The summed E-state index contributed by atoms with van der Waals surface area (Å²) in [5.74, 6) is -1.25. The fourth-order valence-electron chi connectivity index (χ4n) is 3.23. The van der Waals surface area contributed by atoms with Gasteiger partial charge in [0.2, 0.25) is 0 Å². The van der Waals surface area contributed by atoms with Crippen LogP contribution >= 0.6 is 0 Å². The number of rotatable bonds is 6. The second-order valence-electron chi connectivity index (χ2n) is 6.40. The maximum atomic E-state index is 11.9. The van der Waals surface area contributed by atoms with E-state index in [0.717, 1.165) is 24.0 Å². The molecular formula is C22H24O4. The number of benzene rings is 2. The van der Waals surface area contributed by atoms with E-state index in [1.807, 2.05) is 67.6 Å². The molecule has 0 saturated carbocycles. The highest BCUT2D eigenvalue weighted by Gasteiger charge is 2.37. The fraction of sp³-hybridized carbons (Fsp3) is 0.318. The van der Waals surface area contributed by atoms with E-state index in [0.29, 0.717) is 12.2 Å². The number of ether oxygens (including phenoxy) is 2. The molecule has 3 unspecified atom stereocenters. The molecule has 0 spiro atoms. The summed E-state index contributed by atoms with van der Waals surface area (Å²) in [6, 6.07) is 19.5. The van der Waals surface area contributed by atoms with Gasteiger partial charge in [0.25, 0.3) is 0 Å². The monoisotopic (exact) mass is 352 g/mol. The Hall–Kier alpha value is -2.43. The topological polar surface area (TPSA) is 55.8 Å². The molecule has 4 heteroatoms. The minimum atomic E-state index is -0.908. The molecule has 1 N–H and O–H groups in total. The molecule has 136 valence electrons. The third kappa shape index (κ3) is 4.21. The zero-order chi connectivity index (χ0) is 18.4. The van der Waals surface area contributed by atoms with E-state index in [1.54, 1.807) is 6.08 Å². The lowest BCUT2D eigenvalue weighted by Crippen LogP contribution is -2.33. The van der Waals surface area contributed by atoms with Gasteiger partial charge in [0.1, 0.15) is 0 Å². The standard InChI is InChI=1S/C22H24O4/c1-2-3-14-18(21(23)24)19-15-25-22(17-12-8-5-9-13-17)26-20(19)16-10-6-4-7-11-16/h4-14,19-20,22H,2-3,15H2,1H3,(H,23,24). The van der Waals surface area contributed by atoms with Crippen LogP contribution in [0.15, 0.2) is 72.3 Å². The van der Waals surface area contributed by atoms with Crippen LogP contribution in [0, 0.1) is 5.92 Å². The number of unbranched alkanes of at least 4 members (excludes halogenated alkanes) is 1. The summed E-state index contributed by atoms with van der Waals surface area (Å²) in [6.07, 6.45) is 2.56. The van der Waals surface area contributed by atoms with E-state index >= 15 is 0 Å². The van der Waals surface area contributed by atoms with E-state index in [-0.39, 0.29) is 12.0 Å². The van der Waals surface area contributed by atoms with Gasteiger partial charge < -0.3 is 14.6 Å². The Morgan fingerprint density at radius 2 is 1.69 bits per heavy atom. The van der Waals surface area contributed by atoms with Crippen LogP contribution in [0.4, 0.5) is 0 Å². The highest BCUT2D eigenvalue weighted by Crippen LogP contribution is 2.41. The molecule has 0 aromatic heterocycles. The van der Waals surface area contributed by atoms with Crippen LogP contribution in [0.25, 0.3) is 0 Å². The van der Waals surface area contributed by atoms with Crippen LogP contribution in [0.1, 0.15) is 43.3 Å². The van der Waals surface area contributed by atoms with Crippen molar-refractivity contribution in [1.82, 2.24) is 0 Å². The Kier molecular flexibility index (Phi) is 6.21. The smallest absolute Gasteiger partial charge is 0.331 e. The van der Waals surface area contributed by atoms with E-state index in [1.165, 1.54) is 0 Å². The van der Waals surface area contributed by atoms with Gasteiger partial charge in [0.15, 0.2) is 6.29 Å². The lowest BCUT2D eigenvalue weighted by molar-refractivity contribution is -0.238. The van der Waals surface area contributed by atoms with Crippen molar-refractivity contribution in [2.75, 3.05) is 6.61 Å². The molecule has 3 atom stereocenters. The molecule has 1 fully saturated rings. The zero-order valence-corrected chi connectivity index (χ0v) is 14.9. The summed E-state index contributed by atoms with van der Waals surface area (Å²) >= 11 is 0. The van der Waals surface area contributed by atoms with Crippen LogP contribution in [-0.2, 0) is 14.3 Å². The molecule has 26 heavy (non-hydrogen) atoms. The molecular weight excluding hydrogens is 328 g/mol. The van der Waals surface area contributed by atoms with E-state index in [4.69, 9.17) is 9.47 Å². The Morgan fingerprint density at radius 1 is 1.08 bits per heavy atom. The Balaban J connectivity index is 1.93. The largest absolute Gasteiger partial charge is 0.478 e. The molecule has 4 nitrogen and oxygen atoms in total. The Labute approximate surface area is 154 Å². The first-order chi connectivity index (χ1) is 12.7. The Bertz CT molecular complexity index is 739. The number of carboxylic acid groups (broad SMARTS) is 1. The predicted octanol–water partition coefficient (Wildman–Crippen LogP) is 4.90. The van der Waals surface area contributed by atoms with Gasteiger partial charge in [0.05, 0.1) is 12.7 Å². The average Bonchev–Trinajstić information content (AvgIpc) is 2.69. The maximum Gasteiger partial charge on any atom is 0.331 e. The lowest BCUT2D eigenvalue weighted by atomic mass is 9.87. The van der Waals surface area contributed by atoms with Gasteiger partial charge >= 0.3 is 5.97 Å². The predicted molar refractivity (Wildman–Crippen MR) is 99.5 cm³/mol. The SMILES string of the molecule is CCCC=C(C(=O)O)C1COC(c2ccccc2)OC1c1ccccc1. The summed E-state index contributed by atoms with van der Waals surface area (Å²) in [5.41, 5.74) is 2.26. The molecule has 0 bridgehead atoms. The van der Waals surface area contributed by atoms with Crippen LogP contribution in [0.5, 0.6) is 0 Å². The normalized spacial score (nSPS) is 23.6. The first-order valence-corrected chi connectivity index (χ1v) is 9.01. The minimum Gasteiger partial charge on any atom is -0.478 e. The highest BCUT2D eigenvalue weighted by molar-refractivity contribution is 5.87. The summed E-state index contributed by atoms with van der Waals surface area (Å²) < 4.78 is 12.2. The van der Waals surface area contributed by atoms with Crippen molar-refractivity contribution >= 4 is 5.97 Å². The van der Waals surface area contributed by atoms with Crippen molar-refractivity contribution in [3.8, 4) is 0 Å². The van der Waals surface area contributed by atoms with Crippen molar-refractivity contribution < 1.29 is 19.4 Å². The van der Waals surface area contributed by atoms with E-state index < -0.39 is 12.3 Å². The second kappa shape index (κ2) is 8.79. The third-order valence-electron chi connectivity index (χ3n) is 4.56. The summed E-state index contributed by atoms with van der Waals surface area (Å²) in [5, 5.41) is 9.72. The van der Waals surface area contributed by atoms with Crippen LogP contribution in [0.3, 0.4) is 0 Å². The average molecular weight is 352 g/mol. The fourth-order valence-corrected chi connectivity index (χ4v) is 3.23. The second-order valence-corrected chi connectivity index (χ2v) is 6.40. The van der Waals surface area contributed by atoms with Crippen molar-refractivity contribution in [3.63, 3.8) is 0 Å². The van der Waals surface area contributed by atoms with E-state index in [9.17, 15) is 9.90 Å². The van der Waals surface area contributed by atoms with Gasteiger partial charge in [-0.25, -0.2) is 4.79 Å². The maximum absolute atomic E-state index is 11.9. The lowest BCUT2D eigenvalue weighted by Gasteiger charge is -2.37. The molecule has 1 aliphatic rings. The van der Waals surface area contributed by atoms with Crippen LogP contribution in [-0.4, -0.2) is 17.7 Å². The van der Waals surface area contributed by atoms with Gasteiger partial charge in [-0.3, -0.25) is 0 Å². The molecule has 2 aromatic rings. The highest BCUT2D eigenvalue weighted by atomic mass is 16.7. The van der Waals surface area contributed by atoms with Crippen LogP contribution < -0.4 is 0 Å². The minimum absolute atomic E-state index is 0.307. The summed E-state index contributed by atoms with van der Waals surface area (Å²) in [7, 11) is 0. The van der Waals surface area contributed by atoms with Crippen molar-refractivity contribution in [3.05, 3.63) is 83.4 Å². The van der Waals surface area contributed by atoms with Gasteiger partial charge in [-0.2, -0.15) is 0 Å². The van der Waals surface area contributed by atoms with Crippen molar-refractivity contribution in [2.45, 2.75) is 32.2 Å². The van der Waals surface area contributed by atoms with Gasteiger partial charge in [-0.05, 0) is 12.0 Å². The Morgan fingerprint density at radius 3 is 2.27 bits per heavy atom. The van der Waals surface area contributed by atoms with Gasteiger partial charge in [-0.15, -0.1) is 0 Å². The number of hydrogen-bond acceptors (Lipinski definition) is 3. The van der Waals surface area contributed by atoms with Crippen LogP contribution in [0.2, 0.25) is 0 Å². The van der Waals surface area contributed by atoms with Gasteiger partial charge in [0, 0.05) is 17.1 Å². The van der Waals surface area contributed by atoms with Gasteiger partial charge in [-0.1, -0.05) is 80.1 Å². The van der Waals surface area contributed by atoms with E-state index in [2.05, 4.69) is 0 Å². The summed E-state index contributed by atoms with van der Waals surface area (Å²) in [6.45, 7) is 2.34. The molecule has 0 amide bonds. The number of allylic oxidation sites excluding steroid dienone is 1. The molecule has 1 aliphatic heterocycles. The molecule has 1 heterocycles. The zero-order valence-electron chi connectivity index (χ0n) is 14.9.